The van der Waals surface area contributed by atoms with Gasteiger partial charge in [-0.2, -0.15) is 0 Å². The van der Waals surface area contributed by atoms with Crippen molar-refractivity contribution in [3.8, 4) is 0 Å². The summed E-state index contributed by atoms with van der Waals surface area (Å²) in [5.74, 6) is 0.156. The molecule has 0 fully saturated rings. The number of nitrogens with two attached hydrogens (primary N) is 1. The third kappa shape index (κ3) is 4.97. The van der Waals surface area contributed by atoms with Crippen LogP contribution in [0.2, 0.25) is 0 Å². The van der Waals surface area contributed by atoms with Crippen molar-refractivity contribution in [2.75, 3.05) is 7.05 Å². The van der Waals surface area contributed by atoms with Gasteiger partial charge in [0.2, 0.25) is 5.91 Å². The van der Waals surface area contributed by atoms with Crippen molar-refractivity contribution in [1.82, 2.24) is 4.90 Å². The summed E-state index contributed by atoms with van der Waals surface area (Å²) in [6.07, 6.45) is 2.42. The Morgan fingerprint density at radius 2 is 1.88 bits per heavy atom. The lowest BCUT2D eigenvalue weighted by Gasteiger charge is -2.35. The van der Waals surface area contributed by atoms with E-state index >= 15 is 0 Å². The molecule has 0 rings (SSSR count). The lowest BCUT2D eigenvalue weighted by molar-refractivity contribution is -0.134. The summed E-state index contributed by atoms with van der Waals surface area (Å²) in [6, 6.07) is 0.237. The Morgan fingerprint density at radius 3 is 2.25 bits per heavy atom. The summed E-state index contributed by atoms with van der Waals surface area (Å²) in [7, 11) is 1.87. The van der Waals surface area contributed by atoms with Crippen molar-refractivity contribution < 1.29 is 4.79 Å². The molecule has 0 aliphatic carbocycles. The third-order valence-corrected chi connectivity index (χ3v) is 3.32. The van der Waals surface area contributed by atoms with Gasteiger partial charge < -0.3 is 10.6 Å². The van der Waals surface area contributed by atoms with Gasteiger partial charge >= 0.3 is 0 Å². The van der Waals surface area contributed by atoms with Crippen molar-refractivity contribution >= 4 is 5.91 Å². The molecule has 96 valence electrons. The van der Waals surface area contributed by atoms with E-state index in [4.69, 9.17) is 5.73 Å². The first-order valence-electron chi connectivity index (χ1n) is 6.21. The van der Waals surface area contributed by atoms with Gasteiger partial charge in [0, 0.05) is 25.6 Å². The van der Waals surface area contributed by atoms with Gasteiger partial charge in [0.05, 0.1) is 0 Å². The molecule has 0 aliphatic rings. The molecule has 1 amide bonds. The Labute approximate surface area is 100 Å². The molecule has 0 aromatic carbocycles. The van der Waals surface area contributed by atoms with E-state index in [2.05, 4.69) is 34.6 Å². The Hall–Kier alpha value is -0.570. The van der Waals surface area contributed by atoms with Crippen molar-refractivity contribution in [2.24, 2.45) is 11.1 Å². The van der Waals surface area contributed by atoms with Gasteiger partial charge in [-0.25, -0.2) is 0 Å². The second-order valence-corrected chi connectivity index (χ2v) is 5.80. The Kier molecular flexibility index (Phi) is 6.01. The molecule has 3 heteroatoms. The van der Waals surface area contributed by atoms with Crippen LogP contribution in [0, 0.1) is 5.41 Å². The summed E-state index contributed by atoms with van der Waals surface area (Å²) in [4.78, 5) is 13.8. The molecule has 0 spiro atoms. The van der Waals surface area contributed by atoms with Crippen molar-refractivity contribution in [3.63, 3.8) is 0 Å². The minimum Gasteiger partial charge on any atom is -0.342 e. The zero-order valence-corrected chi connectivity index (χ0v) is 11.7. The molecule has 0 aromatic heterocycles. The summed E-state index contributed by atoms with van der Waals surface area (Å²) in [5.41, 5.74) is 6.00. The van der Waals surface area contributed by atoms with Crippen LogP contribution in [-0.2, 0) is 4.79 Å². The lowest BCUT2D eigenvalue weighted by Crippen LogP contribution is -2.44. The largest absolute Gasteiger partial charge is 0.342 e. The summed E-state index contributed by atoms with van der Waals surface area (Å²) in [5, 5.41) is 0. The van der Waals surface area contributed by atoms with Crippen LogP contribution in [0.25, 0.3) is 0 Å². The number of hydrogen-bond donors (Lipinski definition) is 1. The fourth-order valence-electron chi connectivity index (χ4n) is 1.64. The highest BCUT2D eigenvalue weighted by atomic mass is 16.2. The quantitative estimate of drug-likeness (QED) is 0.785. The van der Waals surface area contributed by atoms with E-state index < -0.39 is 0 Å². The van der Waals surface area contributed by atoms with Crippen LogP contribution in [0.1, 0.15) is 53.9 Å². The van der Waals surface area contributed by atoms with E-state index in [0.29, 0.717) is 6.42 Å². The molecule has 0 heterocycles. The Balaban J connectivity index is 4.28. The predicted octanol–water partition coefficient (Wildman–Crippen LogP) is 2.40. The summed E-state index contributed by atoms with van der Waals surface area (Å²) >= 11 is 0. The first-order chi connectivity index (χ1) is 7.20. The molecular formula is C13H28N2O. The summed E-state index contributed by atoms with van der Waals surface area (Å²) < 4.78 is 0. The van der Waals surface area contributed by atoms with Crippen LogP contribution < -0.4 is 5.73 Å². The minimum atomic E-state index is 0.00659. The summed E-state index contributed by atoms with van der Waals surface area (Å²) in [6.45, 7) is 10.6. The molecule has 16 heavy (non-hydrogen) atoms. The molecule has 0 saturated heterocycles. The standard InChI is InChI=1S/C13H28N2O/c1-7-8-11(14)9-12(16)15(6)10(2)13(3,4)5/h10-11H,7-9,14H2,1-6H3. The number of carbonyl (C=O) groups excluding carboxylic acids is 1. The highest BCUT2D eigenvalue weighted by molar-refractivity contribution is 5.76. The predicted molar refractivity (Wildman–Crippen MR) is 69.2 cm³/mol. The van der Waals surface area contributed by atoms with E-state index in [-0.39, 0.29) is 23.4 Å². The van der Waals surface area contributed by atoms with Crippen molar-refractivity contribution in [2.45, 2.75) is 66.0 Å². The maximum absolute atomic E-state index is 12.0. The highest BCUT2D eigenvalue weighted by Crippen LogP contribution is 2.23. The van der Waals surface area contributed by atoms with Gasteiger partial charge in [-0.3, -0.25) is 4.79 Å². The monoisotopic (exact) mass is 228 g/mol. The van der Waals surface area contributed by atoms with Crippen LogP contribution in [0.15, 0.2) is 0 Å². The Morgan fingerprint density at radius 1 is 1.38 bits per heavy atom. The number of rotatable bonds is 5. The first-order valence-corrected chi connectivity index (χ1v) is 6.21. The molecule has 3 nitrogen and oxygen atoms in total. The topological polar surface area (TPSA) is 46.3 Å². The number of nitrogens with zero attached hydrogens (tertiary/aromatic N) is 1. The van der Waals surface area contributed by atoms with E-state index in [1.54, 1.807) is 0 Å². The maximum Gasteiger partial charge on any atom is 0.224 e. The molecule has 0 radical (unpaired) electrons. The van der Waals surface area contributed by atoms with Crippen molar-refractivity contribution in [1.29, 1.82) is 0 Å². The van der Waals surface area contributed by atoms with Gasteiger partial charge in [-0.05, 0) is 18.8 Å². The fourth-order valence-corrected chi connectivity index (χ4v) is 1.64. The highest BCUT2D eigenvalue weighted by Gasteiger charge is 2.27. The average molecular weight is 228 g/mol. The van der Waals surface area contributed by atoms with Crippen LogP contribution in [-0.4, -0.2) is 29.9 Å². The third-order valence-electron chi connectivity index (χ3n) is 3.32. The van der Waals surface area contributed by atoms with Crippen molar-refractivity contribution in [3.05, 3.63) is 0 Å². The Bertz CT molecular complexity index is 220. The minimum absolute atomic E-state index is 0.00659. The molecule has 0 aromatic rings. The van der Waals surface area contributed by atoms with Crippen LogP contribution >= 0.6 is 0 Å². The van der Waals surface area contributed by atoms with Gasteiger partial charge in [0.25, 0.3) is 0 Å². The SMILES string of the molecule is CCCC(N)CC(=O)N(C)C(C)C(C)(C)C. The maximum atomic E-state index is 12.0. The molecule has 0 bridgehead atoms. The first kappa shape index (κ1) is 15.4. The lowest BCUT2D eigenvalue weighted by atomic mass is 9.87. The second kappa shape index (κ2) is 6.24. The number of amides is 1. The normalized spacial score (nSPS) is 15.7. The zero-order valence-electron chi connectivity index (χ0n) is 11.7. The number of hydrogen-bond acceptors (Lipinski definition) is 2. The zero-order chi connectivity index (χ0) is 12.9. The second-order valence-electron chi connectivity index (χ2n) is 5.80. The van der Waals surface area contributed by atoms with E-state index in [0.717, 1.165) is 12.8 Å². The number of carbonyl (C=O) groups is 1. The van der Waals surface area contributed by atoms with E-state index in [9.17, 15) is 4.79 Å². The van der Waals surface area contributed by atoms with Gasteiger partial charge in [0.1, 0.15) is 0 Å². The smallest absolute Gasteiger partial charge is 0.224 e. The fraction of sp³-hybridized carbons (Fsp3) is 0.923. The molecular weight excluding hydrogens is 200 g/mol. The molecule has 2 atom stereocenters. The van der Waals surface area contributed by atoms with E-state index in [1.807, 2.05) is 11.9 Å². The molecule has 0 saturated carbocycles. The van der Waals surface area contributed by atoms with E-state index in [1.165, 1.54) is 0 Å². The van der Waals surface area contributed by atoms with Crippen LogP contribution in [0.5, 0.6) is 0 Å². The molecule has 0 aliphatic heterocycles. The van der Waals surface area contributed by atoms with Gasteiger partial charge in [-0.1, -0.05) is 34.1 Å². The van der Waals surface area contributed by atoms with Crippen LogP contribution in [0.4, 0.5) is 0 Å². The molecule has 2 N–H and O–H groups in total. The molecule has 2 unspecified atom stereocenters. The van der Waals surface area contributed by atoms with Gasteiger partial charge in [0.15, 0.2) is 0 Å². The van der Waals surface area contributed by atoms with Crippen LogP contribution in [0.3, 0.4) is 0 Å². The van der Waals surface area contributed by atoms with Gasteiger partial charge in [-0.15, -0.1) is 0 Å². The average Bonchev–Trinajstić information content (AvgIpc) is 2.14.